The summed E-state index contributed by atoms with van der Waals surface area (Å²) in [5, 5.41) is 0. The van der Waals surface area contributed by atoms with E-state index in [-0.39, 0.29) is 12.1 Å². The first-order valence-corrected chi connectivity index (χ1v) is 31.1. The van der Waals surface area contributed by atoms with Gasteiger partial charge in [0.1, 0.15) is 0 Å². The minimum atomic E-state index is 0.264. The Labute approximate surface area is 460 Å². The molecule has 12 atom stereocenters. The van der Waals surface area contributed by atoms with Crippen molar-refractivity contribution >= 4 is 0 Å². The lowest BCUT2D eigenvalue weighted by Crippen LogP contribution is -2.45. The number of rotatable bonds is 9. The van der Waals surface area contributed by atoms with Gasteiger partial charge in [-0.15, -0.1) is 6.58 Å². The summed E-state index contributed by atoms with van der Waals surface area (Å²) in [6, 6.07) is 1.14. The van der Waals surface area contributed by atoms with Crippen molar-refractivity contribution in [1.82, 2.24) is 14.7 Å². The van der Waals surface area contributed by atoms with Gasteiger partial charge in [0.2, 0.25) is 0 Å². The lowest BCUT2D eigenvalue weighted by atomic mass is 9.65. The van der Waals surface area contributed by atoms with Gasteiger partial charge in [0.25, 0.3) is 0 Å². The fourth-order valence-corrected chi connectivity index (χ4v) is 18.5. The van der Waals surface area contributed by atoms with Crippen molar-refractivity contribution in [3.63, 3.8) is 0 Å². The fraction of sp³-hybridized carbons (Fsp3) is 0.452. The van der Waals surface area contributed by atoms with Crippen molar-refractivity contribution in [2.45, 2.75) is 165 Å². The molecular formula is C73H79N3O. The Morgan fingerprint density at radius 3 is 2.30 bits per heavy atom. The van der Waals surface area contributed by atoms with E-state index >= 15 is 0 Å². The highest BCUT2D eigenvalue weighted by atomic mass is 16.5. The monoisotopic (exact) mass is 1010 g/mol. The van der Waals surface area contributed by atoms with Crippen LogP contribution in [0.2, 0.25) is 0 Å². The normalized spacial score (nSPS) is 36.8. The molecule has 4 heteroatoms. The highest BCUT2D eigenvalue weighted by molar-refractivity contribution is 5.61. The molecule has 1 fully saturated rings. The van der Waals surface area contributed by atoms with Gasteiger partial charge in [0.05, 0.1) is 24.3 Å². The zero-order valence-electron chi connectivity index (χ0n) is 45.5. The molecule has 0 spiro atoms. The average molecular weight is 1010 g/mol. The molecular weight excluding hydrogens is 935 g/mol. The van der Waals surface area contributed by atoms with E-state index in [0.29, 0.717) is 59.6 Å². The summed E-state index contributed by atoms with van der Waals surface area (Å²) >= 11 is 0. The highest BCUT2D eigenvalue weighted by Gasteiger charge is 2.52. The Balaban J connectivity index is 0.650. The number of fused-ring (bicyclic) bond motifs is 11. The van der Waals surface area contributed by atoms with Crippen LogP contribution in [-0.4, -0.2) is 45.0 Å². The number of nitrogens with zero attached hydrogens (tertiary/aromatic N) is 3. The van der Waals surface area contributed by atoms with Crippen LogP contribution in [-0.2, 0) is 4.74 Å². The Kier molecular flexibility index (Phi) is 11.8. The van der Waals surface area contributed by atoms with Crippen LogP contribution in [0.3, 0.4) is 0 Å². The van der Waals surface area contributed by atoms with E-state index in [1.165, 1.54) is 92.6 Å². The van der Waals surface area contributed by atoms with Crippen molar-refractivity contribution in [1.29, 1.82) is 0 Å². The maximum atomic E-state index is 7.07. The number of allylic oxidation sites excluding steroid dienone is 30. The van der Waals surface area contributed by atoms with Crippen LogP contribution in [0.5, 0.6) is 0 Å². The zero-order valence-corrected chi connectivity index (χ0v) is 45.5. The second-order valence-electron chi connectivity index (χ2n) is 25.6. The molecule has 0 saturated carbocycles. The van der Waals surface area contributed by atoms with Gasteiger partial charge < -0.3 is 19.4 Å². The molecule has 0 radical (unpaired) electrons. The number of ether oxygens (including phenoxy) is 1. The molecule has 77 heavy (non-hydrogen) atoms. The molecule has 16 aliphatic rings. The molecule has 4 nitrogen and oxygen atoms in total. The van der Waals surface area contributed by atoms with E-state index in [2.05, 4.69) is 161 Å². The summed E-state index contributed by atoms with van der Waals surface area (Å²) in [5.41, 5.74) is 25.3. The van der Waals surface area contributed by atoms with Crippen LogP contribution in [0, 0.1) is 41.4 Å². The van der Waals surface area contributed by atoms with Gasteiger partial charge in [-0.2, -0.15) is 0 Å². The van der Waals surface area contributed by atoms with Crippen molar-refractivity contribution in [2.24, 2.45) is 41.4 Å². The molecule has 0 aromatic carbocycles. The van der Waals surface area contributed by atoms with E-state index in [9.17, 15) is 0 Å². The maximum Gasteiger partial charge on any atom is 0.0859 e. The van der Waals surface area contributed by atoms with Crippen LogP contribution >= 0.6 is 0 Å². The summed E-state index contributed by atoms with van der Waals surface area (Å²) in [7, 11) is 0. The quantitative estimate of drug-likeness (QED) is 0.214. The van der Waals surface area contributed by atoms with Crippen LogP contribution in [0.4, 0.5) is 0 Å². The maximum absolute atomic E-state index is 7.07. The van der Waals surface area contributed by atoms with E-state index in [1.54, 1.807) is 61.6 Å². The summed E-state index contributed by atoms with van der Waals surface area (Å²) in [4.78, 5) is 8.50. The molecule has 12 unspecified atom stereocenters. The number of hydrogen-bond acceptors (Lipinski definition) is 4. The molecule has 1 saturated heterocycles. The molecule has 4 heterocycles. The second-order valence-corrected chi connectivity index (χ2v) is 25.6. The number of hydrogen-bond donors (Lipinski definition) is 0. The Hall–Kier alpha value is -5.84. The molecule has 4 aliphatic heterocycles. The predicted octanol–water partition coefficient (Wildman–Crippen LogP) is 16.9. The zero-order chi connectivity index (χ0) is 50.7. The summed E-state index contributed by atoms with van der Waals surface area (Å²) in [6.07, 6.45) is 82.6. The summed E-state index contributed by atoms with van der Waals surface area (Å²) < 4.78 is 7.07. The third-order valence-corrected chi connectivity index (χ3v) is 21.8. The summed E-state index contributed by atoms with van der Waals surface area (Å²) in [5.74, 6) is 3.51. The van der Waals surface area contributed by atoms with E-state index in [4.69, 9.17) is 4.74 Å². The summed E-state index contributed by atoms with van der Waals surface area (Å²) in [6.45, 7) is 4.54. The van der Waals surface area contributed by atoms with E-state index in [0.717, 1.165) is 70.6 Å². The largest absolute Gasteiger partial charge is 0.372 e. The molecule has 0 aromatic rings. The van der Waals surface area contributed by atoms with Gasteiger partial charge in [-0.05, 0) is 220 Å². The Morgan fingerprint density at radius 1 is 0.623 bits per heavy atom. The first kappa shape index (κ1) is 47.2. The molecule has 0 bridgehead atoms. The third kappa shape index (κ3) is 7.60. The molecule has 12 aliphatic carbocycles. The van der Waals surface area contributed by atoms with Gasteiger partial charge in [-0.25, -0.2) is 0 Å². The highest BCUT2D eigenvalue weighted by Crippen LogP contribution is 2.56. The minimum Gasteiger partial charge on any atom is -0.372 e. The molecule has 0 N–H and O–H groups in total. The van der Waals surface area contributed by atoms with Crippen molar-refractivity contribution in [2.75, 3.05) is 0 Å². The average Bonchev–Trinajstić information content (AvgIpc) is 4.35. The predicted molar refractivity (Wildman–Crippen MR) is 314 cm³/mol. The van der Waals surface area contributed by atoms with Crippen molar-refractivity contribution in [3.05, 3.63) is 236 Å². The minimum absolute atomic E-state index is 0.264. The molecule has 392 valence electrons. The smallest absolute Gasteiger partial charge is 0.0859 e. The standard InChI is InChI=1S/C73H79N3O/c1-2-51-57-25-10-13-29-66(57)75(50-37-40-56-54-23-7-6-21-52(54)53-22-8-9-24-55(53)63(56)45-50)65(51)31-16-18-46-34-38-59-60-39-35-48(44-71(60)74(70(59)42-46)49-19-4-3-5-20-49)47-36-41-68-64(43-47)58-26-11-14-30-67(58)76(68)69-32-17-28-62-61-27-12-15-33-72(61)77-73(62)69/h2-4,7,9-12,14,17,19,23-25,27,30,32,37-38,40,43-46,51,56,58,61-63,65,69-70,72-73H,1,5-6,8,13,15-16,18,20-22,26,28-29,31,33-36,39,41-42H2. The second kappa shape index (κ2) is 19.2. The first-order chi connectivity index (χ1) is 38.2. The van der Waals surface area contributed by atoms with Crippen molar-refractivity contribution in [3.8, 4) is 0 Å². The van der Waals surface area contributed by atoms with Crippen LogP contribution in [0.25, 0.3) is 0 Å². The first-order valence-electron chi connectivity index (χ1n) is 31.1. The molecule has 0 amide bonds. The van der Waals surface area contributed by atoms with Crippen LogP contribution in [0.15, 0.2) is 236 Å². The van der Waals surface area contributed by atoms with E-state index < -0.39 is 0 Å². The van der Waals surface area contributed by atoms with Gasteiger partial charge in [-0.1, -0.05) is 122 Å². The van der Waals surface area contributed by atoms with E-state index in [1.807, 2.05) is 0 Å². The Morgan fingerprint density at radius 2 is 1.43 bits per heavy atom. The lowest BCUT2D eigenvalue weighted by molar-refractivity contribution is -0.00536. The van der Waals surface area contributed by atoms with Gasteiger partial charge in [0.15, 0.2) is 0 Å². The fourth-order valence-electron chi connectivity index (χ4n) is 18.5. The SMILES string of the molecule is C=CC1C2=C(CCC=C2)N(C2=CC3C4=C(CCC=C4)C4=C(C=CCC4)C3C=C2)C1CCCC1CC=C2C3=C(C=C(C4=CC5=C(CC4)N(C4C=CCC6C7C=CCCC7OC64)C4=CC=CCC45)CC3)N(C3=CC=CCC3)C2C1. The van der Waals surface area contributed by atoms with Gasteiger partial charge >= 0.3 is 0 Å². The molecule has 0 aromatic heterocycles. The van der Waals surface area contributed by atoms with Crippen LogP contribution < -0.4 is 0 Å². The third-order valence-electron chi connectivity index (χ3n) is 21.8. The van der Waals surface area contributed by atoms with Gasteiger partial charge in [-0.3, -0.25) is 0 Å². The van der Waals surface area contributed by atoms with Crippen molar-refractivity contribution < 1.29 is 4.74 Å². The molecule has 16 rings (SSSR count). The Bertz CT molecular complexity index is 3210. The lowest BCUT2D eigenvalue weighted by Gasteiger charge is -2.41. The van der Waals surface area contributed by atoms with Gasteiger partial charge in [0, 0.05) is 69.8 Å². The van der Waals surface area contributed by atoms with Crippen LogP contribution in [0.1, 0.15) is 135 Å². The topological polar surface area (TPSA) is 19.0 Å².